The fraction of sp³-hybridized carbons (Fsp3) is 0.136. The van der Waals surface area contributed by atoms with E-state index >= 15 is 0 Å². The van der Waals surface area contributed by atoms with Crippen LogP contribution >= 0.6 is 0 Å². The Balaban J connectivity index is 1.66. The number of phenols is 1. The molecule has 3 aromatic rings. The number of hydrazone groups is 1. The third-order valence-corrected chi connectivity index (χ3v) is 6.40. The molecule has 3 N–H and O–H groups in total. The van der Waals surface area contributed by atoms with Gasteiger partial charge in [0.05, 0.1) is 17.7 Å². The minimum atomic E-state index is -3.92. The molecule has 166 valence electrons. The van der Waals surface area contributed by atoms with Crippen molar-refractivity contribution in [3.05, 3.63) is 66.2 Å². The Morgan fingerprint density at radius 1 is 1.06 bits per heavy atom. The summed E-state index contributed by atoms with van der Waals surface area (Å²) in [6, 6.07) is 16.3. The number of hydrogen-bond acceptors (Lipinski definition) is 6. The van der Waals surface area contributed by atoms with Crippen LogP contribution in [0.2, 0.25) is 0 Å². The lowest BCUT2D eigenvalue weighted by molar-refractivity contribution is -0.121. The number of rotatable bonds is 7. The number of carbonyl (C=O) groups is 2. The van der Waals surface area contributed by atoms with Crippen molar-refractivity contribution in [1.82, 2.24) is 9.73 Å². The van der Waals surface area contributed by atoms with Crippen LogP contribution in [0.5, 0.6) is 5.75 Å². The second kappa shape index (κ2) is 9.58. The van der Waals surface area contributed by atoms with Gasteiger partial charge in [-0.05, 0) is 41.1 Å². The van der Waals surface area contributed by atoms with Crippen LogP contribution in [0.15, 0.2) is 70.7 Å². The van der Waals surface area contributed by atoms with Crippen LogP contribution in [0.4, 0.5) is 5.69 Å². The number of aromatic hydroxyl groups is 1. The number of anilines is 1. The van der Waals surface area contributed by atoms with Gasteiger partial charge in [-0.2, -0.15) is 9.41 Å². The molecule has 3 aromatic carbocycles. The predicted octanol–water partition coefficient (Wildman–Crippen LogP) is 2.27. The highest BCUT2D eigenvalue weighted by molar-refractivity contribution is 7.89. The van der Waals surface area contributed by atoms with Gasteiger partial charge in [0.15, 0.2) is 0 Å². The van der Waals surface area contributed by atoms with E-state index in [-0.39, 0.29) is 16.6 Å². The highest BCUT2D eigenvalue weighted by atomic mass is 32.2. The van der Waals surface area contributed by atoms with Gasteiger partial charge in [-0.25, -0.2) is 13.8 Å². The summed E-state index contributed by atoms with van der Waals surface area (Å²) in [6.45, 7) is 0.885. The zero-order valence-electron chi connectivity index (χ0n) is 17.4. The number of sulfonamides is 1. The van der Waals surface area contributed by atoms with Gasteiger partial charge in [0.25, 0.3) is 5.91 Å². The first-order valence-corrected chi connectivity index (χ1v) is 11.0. The minimum absolute atomic E-state index is 0.00380. The van der Waals surface area contributed by atoms with Gasteiger partial charge in [-0.1, -0.05) is 30.3 Å². The molecule has 9 nitrogen and oxygen atoms in total. The maximum absolute atomic E-state index is 12.7. The highest BCUT2D eigenvalue weighted by Gasteiger charge is 2.23. The number of carbonyl (C=O) groups excluding carboxylic acids is 2. The molecule has 10 heteroatoms. The van der Waals surface area contributed by atoms with E-state index in [1.165, 1.54) is 50.5 Å². The molecular formula is C22H22N4O5S. The Labute approximate surface area is 185 Å². The summed E-state index contributed by atoms with van der Waals surface area (Å²) in [5.74, 6) is -0.919. The molecule has 0 radical (unpaired) electrons. The Morgan fingerprint density at radius 3 is 2.44 bits per heavy atom. The van der Waals surface area contributed by atoms with E-state index in [0.29, 0.717) is 11.3 Å². The second-order valence-electron chi connectivity index (χ2n) is 6.98. The number of likely N-dealkylation sites (N-methyl/N-ethyl adjacent to an activating group) is 1. The van der Waals surface area contributed by atoms with Crippen LogP contribution in [0.1, 0.15) is 12.5 Å². The lowest BCUT2D eigenvalue weighted by Crippen LogP contribution is -2.36. The number of nitrogens with one attached hydrogen (secondary N) is 2. The smallest absolute Gasteiger partial charge is 0.255 e. The van der Waals surface area contributed by atoms with Crippen molar-refractivity contribution >= 4 is 44.5 Å². The lowest BCUT2D eigenvalue weighted by Gasteiger charge is -2.16. The molecule has 0 aliphatic carbocycles. The molecule has 0 heterocycles. The quantitative estimate of drug-likeness (QED) is 0.373. The van der Waals surface area contributed by atoms with E-state index in [1.54, 1.807) is 6.07 Å². The minimum Gasteiger partial charge on any atom is -0.507 e. The third-order valence-electron chi connectivity index (χ3n) is 4.58. The average Bonchev–Trinajstić information content (AvgIpc) is 2.75. The molecule has 0 saturated carbocycles. The molecule has 0 aliphatic heterocycles. The fourth-order valence-electron chi connectivity index (χ4n) is 3.00. The molecule has 0 atom stereocenters. The van der Waals surface area contributed by atoms with Crippen LogP contribution < -0.4 is 10.7 Å². The average molecular weight is 455 g/mol. The zero-order valence-corrected chi connectivity index (χ0v) is 18.3. The van der Waals surface area contributed by atoms with E-state index < -0.39 is 22.5 Å². The number of amides is 2. The van der Waals surface area contributed by atoms with Crippen molar-refractivity contribution in [1.29, 1.82) is 0 Å². The SMILES string of the molecule is CC(=O)Nc1ccc(S(=O)(=O)N(C)CC(=O)N/N=C\c2c(O)ccc3ccccc23)cc1. The van der Waals surface area contributed by atoms with Crippen molar-refractivity contribution in [3.8, 4) is 5.75 Å². The van der Waals surface area contributed by atoms with Crippen LogP contribution in [-0.4, -0.2) is 49.5 Å². The van der Waals surface area contributed by atoms with Crippen molar-refractivity contribution in [2.75, 3.05) is 18.9 Å². The van der Waals surface area contributed by atoms with E-state index in [0.717, 1.165) is 15.1 Å². The standard InChI is InChI=1S/C22H22N4O5S/c1-15(27)24-17-8-10-18(11-9-17)32(30,31)26(2)14-22(29)25-23-13-20-19-6-4-3-5-16(19)7-12-21(20)28/h3-13,28H,14H2,1-2H3,(H,24,27)(H,25,29)/b23-13-. The molecule has 2 amide bonds. The summed E-state index contributed by atoms with van der Waals surface area (Å²) in [7, 11) is -2.65. The zero-order chi connectivity index (χ0) is 23.3. The number of nitrogens with zero attached hydrogens (tertiary/aromatic N) is 2. The summed E-state index contributed by atoms with van der Waals surface area (Å²) in [4.78, 5) is 23.3. The monoisotopic (exact) mass is 454 g/mol. The van der Waals surface area contributed by atoms with Gasteiger partial charge in [0.1, 0.15) is 5.75 Å². The molecule has 3 rings (SSSR count). The lowest BCUT2D eigenvalue weighted by atomic mass is 10.0. The summed E-state index contributed by atoms with van der Waals surface area (Å²) in [5, 5.41) is 18.2. The normalized spacial score (nSPS) is 11.7. The van der Waals surface area contributed by atoms with Gasteiger partial charge >= 0.3 is 0 Å². The van der Waals surface area contributed by atoms with Crippen molar-refractivity contribution in [2.24, 2.45) is 5.10 Å². The predicted molar refractivity (Wildman–Crippen MR) is 122 cm³/mol. The van der Waals surface area contributed by atoms with Crippen molar-refractivity contribution < 1.29 is 23.1 Å². The Bertz CT molecular complexity index is 1290. The molecule has 0 unspecified atom stereocenters. The first-order valence-electron chi connectivity index (χ1n) is 9.55. The molecular weight excluding hydrogens is 432 g/mol. The van der Waals surface area contributed by atoms with Crippen LogP contribution in [0, 0.1) is 0 Å². The van der Waals surface area contributed by atoms with Gasteiger partial charge < -0.3 is 10.4 Å². The summed E-state index contributed by atoms with van der Waals surface area (Å²) >= 11 is 0. The number of fused-ring (bicyclic) bond motifs is 1. The van der Waals surface area contributed by atoms with Crippen LogP contribution in [0.3, 0.4) is 0 Å². The maximum atomic E-state index is 12.7. The van der Waals surface area contributed by atoms with Gasteiger partial charge in [-0.15, -0.1) is 0 Å². The molecule has 32 heavy (non-hydrogen) atoms. The highest BCUT2D eigenvalue weighted by Crippen LogP contribution is 2.25. The first kappa shape index (κ1) is 22.9. The van der Waals surface area contributed by atoms with Gasteiger partial charge in [0, 0.05) is 25.2 Å². The van der Waals surface area contributed by atoms with Crippen LogP contribution in [0.25, 0.3) is 10.8 Å². The first-order chi connectivity index (χ1) is 15.2. The van der Waals surface area contributed by atoms with E-state index in [4.69, 9.17) is 0 Å². The largest absolute Gasteiger partial charge is 0.507 e. The summed E-state index contributed by atoms with van der Waals surface area (Å²) in [6.07, 6.45) is 1.31. The van der Waals surface area contributed by atoms with E-state index in [2.05, 4.69) is 15.8 Å². The fourth-order valence-corrected chi connectivity index (χ4v) is 4.13. The molecule has 0 bridgehead atoms. The molecule has 0 saturated heterocycles. The second-order valence-corrected chi connectivity index (χ2v) is 9.02. The Morgan fingerprint density at radius 2 is 1.75 bits per heavy atom. The molecule has 0 aliphatic rings. The van der Waals surface area contributed by atoms with Gasteiger partial charge in [0.2, 0.25) is 15.9 Å². The third kappa shape index (κ3) is 5.29. The molecule has 0 fully saturated rings. The number of phenolic OH excluding ortho intramolecular Hbond substituents is 1. The van der Waals surface area contributed by atoms with E-state index in [9.17, 15) is 23.1 Å². The van der Waals surface area contributed by atoms with E-state index in [1.807, 2.05) is 24.3 Å². The summed E-state index contributed by atoms with van der Waals surface area (Å²) < 4.78 is 26.2. The van der Waals surface area contributed by atoms with Crippen molar-refractivity contribution in [2.45, 2.75) is 11.8 Å². The Kier molecular flexibility index (Phi) is 6.86. The number of hydrogen-bond donors (Lipinski definition) is 3. The van der Waals surface area contributed by atoms with Gasteiger partial charge in [-0.3, -0.25) is 9.59 Å². The number of benzene rings is 3. The van der Waals surface area contributed by atoms with Crippen molar-refractivity contribution in [3.63, 3.8) is 0 Å². The maximum Gasteiger partial charge on any atom is 0.255 e. The summed E-state index contributed by atoms with van der Waals surface area (Å²) in [5.41, 5.74) is 3.17. The Hall–Kier alpha value is -3.76. The molecule has 0 spiro atoms. The molecule has 0 aromatic heterocycles. The topological polar surface area (TPSA) is 128 Å². The van der Waals surface area contributed by atoms with Crippen LogP contribution in [-0.2, 0) is 19.6 Å².